The van der Waals surface area contributed by atoms with Crippen molar-refractivity contribution in [1.82, 2.24) is 0 Å². The summed E-state index contributed by atoms with van der Waals surface area (Å²) in [6.45, 7) is 8.21. The van der Waals surface area contributed by atoms with Gasteiger partial charge in [-0.25, -0.2) is 0 Å². The fourth-order valence-corrected chi connectivity index (χ4v) is 1.37. The molecule has 1 aromatic rings. The van der Waals surface area contributed by atoms with E-state index in [1.165, 1.54) is 5.56 Å². The molecular formula is C13H22ClNO. The van der Waals surface area contributed by atoms with Crippen molar-refractivity contribution in [2.75, 3.05) is 0 Å². The third kappa shape index (κ3) is 4.86. The van der Waals surface area contributed by atoms with Gasteiger partial charge in [0.1, 0.15) is 11.4 Å². The fraction of sp³-hybridized carbons (Fsp3) is 0.538. The molecule has 0 spiro atoms. The summed E-state index contributed by atoms with van der Waals surface area (Å²) < 4.78 is 5.73. The summed E-state index contributed by atoms with van der Waals surface area (Å²) in [7, 11) is 0. The molecule has 0 fully saturated rings. The minimum atomic E-state index is -0.144. The highest BCUT2D eigenvalue weighted by Gasteiger charge is 2.11. The average molecular weight is 244 g/mol. The van der Waals surface area contributed by atoms with E-state index in [0.29, 0.717) is 0 Å². The number of halogens is 1. The summed E-state index contributed by atoms with van der Waals surface area (Å²) >= 11 is 0. The first-order valence-corrected chi connectivity index (χ1v) is 5.47. The van der Waals surface area contributed by atoms with Gasteiger partial charge in [-0.3, -0.25) is 0 Å². The summed E-state index contributed by atoms with van der Waals surface area (Å²) in [5.74, 6) is 0.898. The number of hydrogen-bond acceptors (Lipinski definition) is 2. The van der Waals surface area contributed by atoms with Crippen LogP contribution in [0.2, 0.25) is 0 Å². The van der Waals surface area contributed by atoms with E-state index in [-0.39, 0.29) is 24.0 Å². The van der Waals surface area contributed by atoms with Gasteiger partial charge in [0.15, 0.2) is 0 Å². The summed E-state index contributed by atoms with van der Waals surface area (Å²) in [6.07, 6.45) is 0.958. The zero-order valence-electron chi connectivity index (χ0n) is 10.5. The first kappa shape index (κ1) is 15.3. The van der Waals surface area contributed by atoms with Crippen LogP contribution >= 0.6 is 12.4 Å². The van der Waals surface area contributed by atoms with Crippen molar-refractivity contribution >= 4 is 12.4 Å². The molecule has 2 nitrogen and oxygen atoms in total. The standard InChI is InChI=1S/C13H21NO.ClH/c1-5-12(14)10-6-8-11(9-7-10)15-13(2,3)4;/h6-9,12H,5,14H2,1-4H3;1H/t12-;/m1./s1. The summed E-state index contributed by atoms with van der Waals surface area (Å²) in [5.41, 5.74) is 6.95. The Kier molecular flexibility index (Phi) is 5.84. The van der Waals surface area contributed by atoms with Crippen LogP contribution in [0.1, 0.15) is 45.7 Å². The minimum Gasteiger partial charge on any atom is -0.488 e. The Morgan fingerprint density at radius 3 is 2.06 bits per heavy atom. The summed E-state index contributed by atoms with van der Waals surface area (Å²) in [5, 5.41) is 0. The Morgan fingerprint density at radius 2 is 1.69 bits per heavy atom. The Morgan fingerprint density at radius 1 is 1.19 bits per heavy atom. The predicted octanol–water partition coefficient (Wildman–Crippen LogP) is 3.70. The van der Waals surface area contributed by atoms with Gasteiger partial charge in [-0.2, -0.15) is 0 Å². The fourth-order valence-electron chi connectivity index (χ4n) is 1.37. The summed E-state index contributed by atoms with van der Waals surface area (Å²) in [4.78, 5) is 0. The van der Waals surface area contributed by atoms with Crippen molar-refractivity contribution in [3.05, 3.63) is 29.8 Å². The number of benzene rings is 1. The first-order chi connectivity index (χ1) is 6.92. The highest BCUT2D eigenvalue weighted by Crippen LogP contribution is 2.21. The SMILES string of the molecule is CC[C@@H](N)c1ccc(OC(C)(C)C)cc1.Cl. The van der Waals surface area contributed by atoms with Crippen LogP contribution in [0.25, 0.3) is 0 Å². The molecule has 3 heteroatoms. The second-order valence-electron chi connectivity index (χ2n) is 4.80. The largest absolute Gasteiger partial charge is 0.488 e. The normalized spacial score (nSPS) is 12.8. The number of hydrogen-bond donors (Lipinski definition) is 1. The van der Waals surface area contributed by atoms with Gasteiger partial charge >= 0.3 is 0 Å². The smallest absolute Gasteiger partial charge is 0.120 e. The number of rotatable bonds is 3. The Hall–Kier alpha value is -0.730. The van der Waals surface area contributed by atoms with Gasteiger partial charge in [0, 0.05) is 6.04 Å². The van der Waals surface area contributed by atoms with E-state index in [0.717, 1.165) is 12.2 Å². The molecule has 0 aliphatic rings. The Balaban J connectivity index is 0.00000225. The second-order valence-corrected chi connectivity index (χ2v) is 4.80. The molecule has 0 unspecified atom stereocenters. The van der Waals surface area contributed by atoms with Gasteiger partial charge in [0.25, 0.3) is 0 Å². The molecule has 1 aromatic carbocycles. The maximum atomic E-state index is 5.93. The van der Waals surface area contributed by atoms with Gasteiger partial charge in [0.05, 0.1) is 0 Å². The molecule has 0 bridgehead atoms. The third-order valence-corrected chi connectivity index (χ3v) is 2.17. The lowest BCUT2D eigenvalue weighted by molar-refractivity contribution is 0.131. The van der Waals surface area contributed by atoms with Crippen molar-refractivity contribution in [2.24, 2.45) is 5.73 Å². The molecule has 1 rings (SSSR count). The lowest BCUT2D eigenvalue weighted by atomic mass is 10.1. The topological polar surface area (TPSA) is 35.2 Å². The highest BCUT2D eigenvalue weighted by molar-refractivity contribution is 5.85. The van der Waals surface area contributed by atoms with Crippen LogP contribution in [0.4, 0.5) is 0 Å². The Bertz CT molecular complexity index is 303. The van der Waals surface area contributed by atoms with Crippen LogP contribution in [-0.4, -0.2) is 5.60 Å². The molecule has 0 radical (unpaired) electrons. The molecule has 0 aromatic heterocycles. The maximum Gasteiger partial charge on any atom is 0.120 e. The number of nitrogens with two attached hydrogens (primary N) is 1. The lowest BCUT2D eigenvalue weighted by Crippen LogP contribution is -2.22. The molecule has 0 aliphatic carbocycles. The van der Waals surface area contributed by atoms with Gasteiger partial charge in [-0.05, 0) is 44.9 Å². The average Bonchev–Trinajstić information content (AvgIpc) is 2.15. The van der Waals surface area contributed by atoms with Crippen molar-refractivity contribution in [3.63, 3.8) is 0 Å². The molecule has 0 saturated carbocycles. The van der Waals surface area contributed by atoms with Crippen LogP contribution in [0.5, 0.6) is 5.75 Å². The highest BCUT2D eigenvalue weighted by atomic mass is 35.5. The van der Waals surface area contributed by atoms with E-state index in [4.69, 9.17) is 10.5 Å². The van der Waals surface area contributed by atoms with Gasteiger partial charge in [0.2, 0.25) is 0 Å². The maximum absolute atomic E-state index is 5.93. The molecular weight excluding hydrogens is 222 g/mol. The molecule has 0 heterocycles. The molecule has 0 saturated heterocycles. The molecule has 1 atom stereocenters. The van der Waals surface area contributed by atoms with Crippen LogP contribution in [-0.2, 0) is 0 Å². The second kappa shape index (κ2) is 6.12. The molecule has 0 amide bonds. The van der Waals surface area contributed by atoms with Crippen molar-refractivity contribution in [1.29, 1.82) is 0 Å². The van der Waals surface area contributed by atoms with Crippen LogP contribution in [0.3, 0.4) is 0 Å². The predicted molar refractivity (Wildman–Crippen MR) is 71.3 cm³/mol. The molecule has 0 aliphatic heterocycles. The first-order valence-electron chi connectivity index (χ1n) is 5.47. The quantitative estimate of drug-likeness (QED) is 0.879. The molecule has 2 N–H and O–H groups in total. The zero-order chi connectivity index (χ0) is 11.5. The third-order valence-electron chi connectivity index (χ3n) is 2.17. The van der Waals surface area contributed by atoms with Gasteiger partial charge in [-0.15, -0.1) is 12.4 Å². The van der Waals surface area contributed by atoms with Crippen molar-refractivity contribution < 1.29 is 4.74 Å². The molecule has 16 heavy (non-hydrogen) atoms. The minimum absolute atomic E-state index is 0. The van der Waals surface area contributed by atoms with Crippen molar-refractivity contribution in [3.8, 4) is 5.75 Å². The van der Waals surface area contributed by atoms with Gasteiger partial charge < -0.3 is 10.5 Å². The van der Waals surface area contributed by atoms with Crippen molar-refractivity contribution in [2.45, 2.75) is 45.8 Å². The number of ether oxygens (including phenoxy) is 1. The van der Waals surface area contributed by atoms with Gasteiger partial charge in [-0.1, -0.05) is 19.1 Å². The van der Waals surface area contributed by atoms with E-state index in [1.54, 1.807) is 0 Å². The van der Waals surface area contributed by atoms with E-state index in [2.05, 4.69) is 6.92 Å². The van der Waals surface area contributed by atoms with E-state index >= 15 is 0 Å². The summed E-state index contributed by atoms with van der Waals surface area (Å²) in [6, 6.07) is 8.17. The van der Waals surface area contributed by atoms with Crippen LogP contribution < -0.4 is 10.5 Å². The van der Waals surface area contributed by atoms with E-state index in [9.17, 15) is 0 Å². The molecule has 92 valence electrons. The monoisotopic (exact) mass is 243 g/mol. The van der Waals surface area contributed by atoms with E-state index < -0.39 is 0 Å². The van der Waals surface area contributed by atoms with Crippen LogP contribution in [0, 0.1) is 0 Å². The zero-order valence-corrected chi connectivity index (χ0v) is 11.3. The van der Waals surface area contributed by atoms with Crippen LogP contribution in [0.15, 0.2) is 24.3 Å². The lowest BCUT2D eigenvalue weighted by Gasteiger charge is -2.21. The van der Waals surface area contributed by atoms with E-state index in [1.807, 2.05) is 45.0 Å². The Labute approximate surface area is 105 Å².